The molecule has 4 nitrogen and oxygen atoms in total. The van der Waals surface area contributed by atoms with Crippen LogP contribution < -0.4 is 0 Å². The van der Waals surface area contributed by atoms with Gasteiger partial charge in [0.25, 0.3) is 0 Å². The number of ether oxygens (including phenoxy) is 1. The molecular formula is C18H23NO3. The highest BCUT2D eigenvalue weighted by atomic mass is 16.7. The molecule has 0 spiro atoms. The Hall–Kier alpha value is -1.84. The molecule has 1 heterocycles. The highest BCUT2D eigenvalue weighted by molar-refractivity contribution is 6.06. The summed E-state index contributed by atoms with van der Waals surface area (Å²) >= 11 is 0. The van der Waals surface area contributed by atoms with Crippen molar-refractivity contribution in [2.24, 2.45) is 10.6 Å². The summed E-state index contributed by atoms with van der Waals surface area (Å²) in [4.78, 5) is 18.5. The van der Waals surface area contributed by atoms with E-state index in [1.165, 1.54) is 7.11 Å². The van der Waals surface area contributed by atoms with Crippen molar-refractivity contribution in [3.63, 3.8) is 0 Å². The number of carbonyl (C=O) groups excluding carboxylic acids is 1. The Balaban J connectivity index is 2.25. The number of benzene rings is 1. The second kappa shape index (κ2) is 4.83. The summed E-state index contributed by atoms with van der Waals surface area (Å²) in [6.45, 7) is 6.35. The van der Waals surface area contributed by atoms with Crippen molar-refractivity contribution < 1.29 is 14.4 Å². The molecule has 2 unspecified atom stereocenters. The van der Waals surface area contributed by atoms with Gasteiger partial charge in [0.1, 0.15) is 0 Å². The van der Waals surface area contributed by atoms with Crippen LogP contribution in [0.25, 0.3) is 0 Å². The zero-order valence-corrected chi connectivity index (χ0v) is 13.7. The van der Waals surface area contributed by atoms with E-state index in [0.717, 1.165) is 24.1 Å². The quantitative estimate of drug-likeness (QED) is 0.786. The van der Waals surface area contributed by atoms with Gasteiger partial charge in [0.2, 0.25) is 5.60 Å². The summed E-state index contributed by atoms with van der Waals surface area (Å²) in [7, 11) is 1.42. The van der Waals surface area contributed by atoms with Crippen molar-refractivity contribution in [3.05, 3.63) is 35.9 Å². The molecule has 1 aliphatic heterocycles. The topological polar surface area (TPSA) is 47.9 Å². The van der Waals surface area contributed by atoms with Crippen LogP contribution in [0.2, 0.25) is 0 Å². The minimum absolute atomic E-state index is 0.185. The predicted molar refractivity (Wildman–Crippen MR) is 84.7 cm³/mol. The maximum absolute atomic E-state index is 12.6. The SMILES string of the molecule is COC(=O)C12CCCC1(c1ccccc1)C(C(C)(C)C)=NO2. The molecule has 118 valence electrons. The lowest BCUT2D eigenvalue weighted by atomic mass is 9.61. The number of carbonyl (C=O) groups is 1. The molecule has 4 heteroatoms. The van der Waals surface area contributed by atoms with Gasteiger partial charge in [-0.1, -0.05) is 56.3 Å². The predicted octanol–water partition coefficient (Wildman–Crippen LogP) is 3.45. The van der Waals surface area contributed by atoms with E-state index in [1.54, 1.807) is 0 Å². The lowest BCUT2D eigenvalue weighted by Crippen LogP contribution is -2.57. The van der Waals surface area contributed by atoms with E-state index < -0.39 is 11.0 Å². The van der Waals surface area contributed by atoms with E-state index in [0.29, 0.717) is 6.42 Å². The van der Waals surface area contributed by atoms with Crippen molar-refractivity contribution in [3.8, 4) is 0 Å². The van der Waals surface area contributed by atoms with Gasteiger partial charge in [0, 0.05) is 11.8 Å². The number of fused-ring (bicyclic) bond motifs is 1. The first-order valence-corrected chi connectivity index (χ1v) is 7.79. The highest BCUT2D eigenvalue weighted by Gasteiger charge is 2.71. The first kappa shape index (κ1) is 15.1. The van der Waals surface area contributed by atoms with E-state index in [4.69, 9.17) is 9.57 Å². The van der Waals surface area contributed by atoms with Crippen molar-refractivity contribution in [2.75, 3.05) is 7.11 Å². The van der Waals surface area contributed by atoms with Crippen molar-refractivity contribution in [1.29, 1.82) is 0 Å². The Labute approximate surface area is 131 Å². The van der Waals surface area contributed by atoms with Crippen LogP contribution in [0.5, 0.6) is 0 Å². The van der Waals surface area contributed by atoms with Crippen LogP contribution in [-0.4, -0.2) is 24.4 Å². The average molecular weight is 301 g/mol. The molecule has 1 fully saturated rings. The number of nitrogens with zero attached hydrogens (tertiary/aromatic N) is 1. The number of esters is 1. The third-order valence-corrected chi connectivity index (χ3v) is 4.96. The Bertz CT molecular complexity index is 617. The Morgan fingerprint density at radius 1 is 1.23 bits per heavy atom. The van der Waals surface area contributed by atoms with Crippen LogP contribution in [0.1, 0.15) is 45.6 Å². The number of hydrogen-bond donors (Lipinski definition) is 0. The molecule has 3 rings (SSSR count). The van der Waals surface area contributed by atoms with Crippen LogP contribution in [0.3, 0.4) is 0 Å². The van der Waals surface area contributed by atoms with E-state index >= 15 is 0 Å². The molecule has 2 aliphatic rings. The van der Waals surface area contributed by atoms with Crippen molar-refractivity contribution in [1.82, 2.24) is 0 Å². The highest BCUT2D eigenvalue weighted by Crippen LogP contribution is 2.58. The maximum atomic E-state index is 12.6. The number of methoxy groups -OCH3 is 1. The smallest absolute Gasteiger partial charge is 0.354 e. The minimum Gasteiger partial charge on any atom is -0.466 e. The Kier molecular flexibility index (Phi) is 3.31. The van der Waals surface area contributed by atoms with Gasteiger partial charge in [0.15, 0.2) is 0 Å². The molecule has 0 amide bonds. The van der Waals surface area contributed by atoms with Gasteiger partial charge < -0.3 is 9.57 Å². The largest absolute Gasteiger partial charge is 0.466 e. The lowest BCUT2D eigenvalue weighted by molar-refractivity contribution is -0.170. The summed E-state index contributed by atoms with van der Waals surface area (Å²) in [5.74, 6) is -0.322. The molecule has 0 aromatic heterocycles. The third-order valence-electron chi connectivity index (χ3n) is 4.96. The number of hydrogen-bond acceptors (Lipinski definition) is 4. The van der Waals surface area contributed by atoms with Crippen LogP contribution in [0.4, 0.5) is 0 Å². The van der Waals surface area contributed by atoms with Gasteiger partial charge in [-0.05, 0) is 18.4 Å². The van der Waals surface area contributed by atoms with E-state index in [-0.39, 0.29) is 11.4 Å². The van der Waals surface area contributed by atoms with Gasteiger partial charge in [-0.2, -0.15) is 0 Å². The fourth-order valence-electron chi connectivity index (χ4n) is 4.14. The maximum Gasteiger partial charge on any atom is 0.354 e. The van der Waals surface area contributed by atoms with Crippen molar-refractivity contribution >= 4 is 11.7 Å². The summed E-state index contributed by atoms with van der Waals surface area (Å²) in [5, 5.41) is 4.40. The minimum atomic E-state index is -1.02. The third kappa shape index (κ3) is 1.76. The van der Waals surface area contributed by atoms with E-state index in [1.807, 2.05) is 18.2 Å². The first-order valence-electron chi connectivity index (χ1n) is 7.79. The zero-order chi connectivity index (χ0) is 16.0. The summed E-state index contributed by atoms with van der Waals surface area (Å²) in [5.41, 5.74) is 0.291. The molecule has 0 radical (unpaired) electrons. The number of oxime groups is 1. The van der Waals surface area contributed by atoms with E-state index in [2.05, 4.69) is 38.1 Å². The van der Waals surface area contributed by atoms with Gasteiger partial charge in [-0.25, -0.2) is 4.79 Å². The molecule has 0 saturated heterocycles. The van der Waals surface area contributed by atoms with Crippen LogP contribution >= 0.6 is 0 Å². The Morgan fingerprint density at radius 3 is 2.50 bits per heavy atom. The normalized spacial score (nSPS) is 30.5. The van der Waals surface area contributed by atoms with Gasteiger partial charge in [-0.3, -0.25) is 0 Å². The molecule has 0 bridgehead atoms. The van der Waals surface area contributed by atoms with Crippen molar-refractivity contribution in [2.45, 2.75) is 51.0 Å². The fraction of sp³-hybridized carbons (Fsp3) is 0.556. The fourth-order valence-corrected chi connectivity index (χ4v) is 4.14. The van der Waals surface area contributed by atoms with E-state index in [9.17, 15) is 4.79 Å². The molecule has 1 saturated carbocycles. The van der Waals surface area contributed by atoms with Crippen LogP contribution in [-0.2, 0) is 19.8 Å². The molecule has 0 N–H and O–H groups in total. The van der Waals surface area contributed by atoms with Crippen LogP contribution in [0.15, 0.2) is 35.5 Å². The number of rotatable bonds is 2. The monoisotopic (exact) mass is 301 g/mol. The Morgan fingerprint density at radius 2 is 1.91 bits per heavy atom. The second-order valence-corrected chi connectivity index (χ2v) is 7.22. The standard InChI is InChI=1S/C18H23NO3/c1-16(2,3)14-17(13-9-6-5-7-10-13)11-8-12-18(17,22-19-14)15(20)21-4/h5-7,9-10H,8,11-12H2,1-4H3. The molecular weight excluding hydrogens is 278 g/mol. The zero-order valence-electron chi connectivity index (χ0n) is 13.7. The van der Waals surface area contributed by atoms with Gasteiger partial charge in [0.05, 0.1) is 18.2 Å². The summed E-state index contributed by atoms with van der Waals surface area (Å²) < 4.78 is 5.11. The second-order valence-electron chi connectivity index (χ2n) is 7.22. The summed E-state index contributed by atoms with van der Waals surface area (Å²) in [6, 6.07) is 10.1. The average Bonchev–Trinajstić information content (AvgIpc) is 3.01. The molecule has 22 heavy (non-hydrogen) atoms. The molecule has 1 aliphatic carbocycles. The first-order chi connectivity index (χ1) is 10.4. The molecule has 1 aromatic carbocycles. The lowest BCUT2D eigenvalue weighted by Gasteiger charge is -2.40. The van der Waals surface area contributed by atoms with Gasteiger partial charge in [-0.15, -0.1) is 0 Å². The van der Waals surface area contributed by atoms with Crippen LogP contribution in [0, 0.1) is 5.41 Å². The van der Waals surface area contributed by atoms with Gasteiger partial charge >= 0.3 is 5.97 Å². The summed E-state index contributed by atoms with van der Waals surface area (Å²) in [6.07, 6.45) is 2.40. The molecule has 2 atom stereocenters. The molecule has 1 aromatic rings.